The molecule has 2 aromatic carbocycles. The Morgan fingerprint density at radius 1 is 0.893 bits per heavy atom. The van der Waals surface area contributed by atoms with Gasteiger partial charge in [0.1, 0.15) is 5.69 Å². The van der Waals surface area contributed by atoms with Crippen molar-refractivity contribution < 1.29 is 36.6 Å². The largest absolute Gasteiger partial charge is 0.493 e. The number of hydrogen-bond donors (Lipinski definition) is 2. The molecule has 1 amide bonds. The summed E-state index contributed by atoms with van der Waals surface area (Å²) in [4.78, 5) is 11.9. The highest BCUT2D eigenvalue weighted by Gasteiger charge is 2.19. The molecule has 0 radical (unpaired) electrons. The summed E-state index contributed by atoms with van der Waals surface area (Å²) >= 11 is 0. The van der Waals surface area contributed by atoms with E-state index in [2.05, 4.69) is 0 Å². The second kappa shape index (κ2) is 9.16. The Balaban J connectivity index is 2.04. The second-order valence-electron chi connectivity index (χ2n) is 5.55. The molecular weight excluding hydrogens is 384 g/mol. The van der Waals surface area contributed by atoms with E-state index in [1.54, 1.807) is 12.1 Å². The topological polar surface area (TPSA) is 68.8 Å². The van der Waals surface area contributed by atoms with Crippen molar-refractivity contribution in [1.82, 2.24) is 5.43 Å². The Kier molecular flexibility index (Phi) is 6.91. The molecule has 0 unspecified atom stereocenters. The molecule has 0 heterocycles. The fraction of sp³-hybridized carbons (Fsp3) is 0.278. The van der Waals surface area contributed by atoms with Gasteiger partial charge in [0.25, 0.3) is 0 Å². The third-order valence-corrected chi connectivity index (χ3v) is 3.80. The molecule has 0 spiro atoms. The van der Waals surface area contributed by atoms with Gasteiger partial charge in [0.05, 0.1) is 21.3 Å². The molecule has 2 N–H and O–H groups in total. The number of rotatable bonds is 8. The second-order valence-corrected chi connectivity index (χ2v) is 5.55. The van der Waals surface area contributed by atoms with Crippen LogP contribution in [0.4, 0.5) is 23.2 Å². The Morgan fingerprint density at radius 2 is 1.43 bits per heavy atom. The van der Waals surface area contributed by atoms with Gasteiger partial charge in [0, 0.05) is 12.5 Å². The molecule has 0 aliphatic carbocycles. The summed E-state index contributed by atoms with van der Waals surface area (Å²) in [6.45, 7) is 0. The summed E-state index contributed by atoms with van der Waals surface area (Å²) in [5.41, 5.74) is 3.40. The van der Waals surface area contributed by atoms with E-state index in [1.165, 1.54) is 21.3 Å². The number of amides is 1. The predicted molar refractivity (Wildman–Crippen MR) is 92.5 cm³/mol. The van der Waals surface area contributed by atoms with E-state index in [1.807, 2.05) is 10.9 Å². The zero-order chi connectivity index (χ0) is 20.8. The molecule has 28 heavy (non-hydrogen) atoms. The minimum Gasteiger partial charge on any atom is -0.493 e. The summed E-state index contributed by atoms with van der Waals surface area (Å²) < 4.78 is 69.0. The van der Waals surface area contributed by atoms with E-state index in [-0.39, 0.29) is 18.9 Å². The van der Waals surface area contributed by atoms with Gasteiger partial charge in [-0.15, -0.1) is 0 Å². The Labute approximate surface area is 158 Å². The first-order valence-electron chi connectivity index (χ1n) is 7.99. The van der Waals surface area contributed by atoms with Crippen LogP contribution in [0.25, 0.3) is 0 Å². The van der Waals surface area contributed by atoms with Crippen molar-refractivity contribution in [3.63, 3.8) is 0 Å². The third-order valence-electron chi connectivity index (χ3n) is 3.80. The van der Waals surface area contributed by atoms with Crippen LogP contribution in [0.3, 0.4) is 0 Å². The Hall–Kier alpha value is -3.17. The maximum absolute atomic E-state index is 13.5. The fourth-order valence-electron chi connectivity index (χ4n) is 2.42. The quantitative estimate of drug-likeness (QED) is 0.403. The summed E-state index contributed by atoms with van der Waals surface area (Å²) in [7, 11) is 4.34. The summed E-state index contributed by atoms with van der Waals surface area (Å²) in [5, 5.41) is 0. The lowest BCUT2D eigenvalue weighted by Crippen LogP contribution is -2.30. The van der Waals surface area contributed by atoms with Crippen LogP contribution in [0.5, 0.6) is 17.2 Å². The summed E-state index contributed by atoms with van der Waals surface area (Å²) in [6, 6.07) is 3.36. The maximum Gasteiger partial charge on any atom is 0.238 e. The van der Waals surface area contributed by atoms with Crippen LogP contribution in [-0.2, 0) is 11.2 Å². The van der Waals surface area contributed by atoms with Crippen molar-refractivity contribution in [2.75, 3.05) is 26.8 Å². The van der Waals surface area contributed by atoms with E-state index in [9.17, 15) is 22.4 Å². The summed E-state index contributed by atoms with van der Waals surface area (Å²) in [6.07, 6.45) is 0.110. The zero-order valence-corrected chi connectivity index (χ0v) is 15.3. The average Bonchev–Trinajstić information content (AvgIpc) is 2.69. The highest BCUT2D eigenvalue weighted by molar-refractivity contribution is 5.77. The fourth-order valence-corrected chi connectivity index (χ4v) is 2.42. The van der Waals surface area contributed by atoms with Gasteiger partial charge in [0.2, 0.25) is 11.7 Å². The molecule has 0 bridgehead atoms. The first-order chi connectivity index (χ1) is 13.3. The Morgan fingerprint density at radius 3 is 1.89 bits per heavy atom. The van der Waals surface area contributed by atoms with Crippen LogP contribution in [0.1, 0.15) is 12.0 Å². The SMILES string of the molecule is COc1cc(CCC(=O)NNc2c(F)c(F)cc(F)c2F)cc(OC)c1OC. The first kappa shape index (κ1) is 21.1. The standard InChI is InChI=1S/C18H18F4N2O4/c1-26-12-6-9(7-13(27-2)18(12)28-3)4-5-14(25)23-24-17-15(21)10(19)8-11(20)16(17)22/h6-8,24H,4-5H2,1-3H3,(H,23,25). The first-order valence-corrected chi connectivity index (χ1v) is 7.99. The third kappa shape index (κ3) is 4.56. The van der Waals surface area contributed by atoms with Crippen molar-refractivity contribution in [2.45, 2.75) is 12.8 Å². The highest BCUT2D eigenvalue weighted by atomic mass is 19.2. The van der Waals surface area contributed by atoms with Gasteiger partial charge in [0.15, 0.2) is 34.8 Å². The van der Waals surface area contributed by atoms with Crippen LogP contribution in [0.2, 0.25) is 0 Å². The minimum absolute atomic E-state index is 0.0715. The van der Waals surface area contributed by atoms with Crippen LogP contribution < -0.4 is 25.1 Å². The lowest BCUT2D eigenvalue weighted by atomic mass is 10.1. The number of benzene rings is 2. The molecule has 2 aromatic rings. The monoisotopic (exact) mass is 402 g/mol. The van der Waals surface area contributed by atoms with Crippen LogP contribution >= 0.6 is 0 Å². The van der Waals surface area contributed by atoms with Gasteiger partial charge in [-0.2, -0.15) is 0 Å². The predicted octanol–water partition coefficient (Wildman–Crippen LogP) is 3.34. The highest BCUT2D eigenvalue weighted by Crippen LogP contribution is 2.38. The molecule has 6 nitrogen and oxygen atoms in total. The van der Waals surface area contributed by atoms with E-state index in [0.717, 1.165) is 0 Å². The summed E-state index contributed by atoms with van der Waals surface area (Å²) in [5.74, 6) is -5.96. The van der Waals surface area contributed by atoms with Crippen LogP contribution in [0.15, 0.2) is 18.2 Å². The van der Waals surface area contributed by atoms with Crippen LogP contribution in [0, 0.1) is 23.3 Å². The number of carbonyl (C=O) groups excluding carboxylic acids is 1. The molecule has 0 fully saturated rings. The zero-order valence-electron chi connectivity index (χ0n) is 15.3. The number of hydrazine groups is 1. The Bertz CT molecular complexity index is 826. The molecule has 0 atom stereocenters. The number of hydrogen-bond acceptors (Lipinski definition) is 5. The van der Waals surface area contributed by atoms with Gasteiger partial charge in [-0.05, 0) is 24.1 Å². The lowest BCUT2D eigenvalue weighted by Gasteiger charge is -2.14. The minimum atomic E-state index is -1.65. The number of nitrogens with one attached hydrogen (secondary N) is 2. The molecule has 0 saturated heterocycles. The van der Waals surface area contributed by atoms with Gasteiger partial charge in [-0.1, -0.05) is 0 Å². The number of ether oxygens (including phenoxy) is 3. The van der Waals surface area contributed by atoms with E-state index >= 15 is 0 Å². The molecule has 0 aliphatic heterocycles. The van der Waals surface area contributed by atoms with E-state index in [4.69, 9.17) is 14.2 Å². The van der Waals surface area contributed by atoms with Crippen molar-refractivity contribution in [1.29, 1.82) is 0 Å². The normalized spacial score (nSPS) is 10.4. The van der Waals surface area contributed by atoms with E-state index in [0.29, 0.717) is 22.8 Å². The van der Waals surface area contributed by atoms with Crippen molar-refractivity contribution in [3.8, 4) is 17.2 Å². The van der Waals surface area contributed by atoms with Gasteiger partial charge in [-0.25, -0.2) is 17.6 Å². The van der Waals surface area contributed by atoms with Gasteiger partial charge >= 0.3 is 0 Å². The van der Waals surface area contributed by atoms with Gasteiger partial charge < -0.3 is 14.2 Å². The molecule has 0 saturated carbocycles. The molecule has 0 aliphatic rings. The van der Waals surface area contributed by atoms with Gasteiger partial charge in [-0.3, -0.25) is 15.6 Å². The van der Waals surface area contributed by atoms with Crippen molar-refractivity contribution in [3.05, 3.63) is 47.0 Å². The number of carbonyl (C=O) groups is 1. The molecular formula is C18H18F4N2O4. The number of halogens is 4. The molecule has 0 aromatic heterocycles. The van der Waals surface area contributed by atoms with Crippen LogP contribution in [-0.4, -0.2) is 27.2 Å². The number of aryl methyl sites for hydroxylation is 1. The van der Waals surface area contributed by atoms with E-state index < -0.39 is 34.9 Å². The average molecular weight is 402 g/mol. The molecule has 2 rings (SSSR count). The lowest BCUT2D eigenvalue weighted by molar-refractivity contribution is -0.120. The van der Waals surface area contributed by atoms with Crippen molar-refractivity contribution >= 4 is 11.6 Å². The van der Waals surface area contributed by atoms with Crippen molar-refractivity contribution in [2.24, 2.45) is 0 Å². The number of methoxy groups -OCH3 is 3. The molecule has 10 heteroatoms. The smallest absolute Gasteiger partial charge is 0.238 e. The molecule has 152 valence electrons. The maximum atomic E-state index is 13.5. The number of anilines is 1.